The molecule has 0 aromatic heterocycles. The van der Waals surface area contributed by atoms with Gasteiger partial charge in [-0.15, -0.1) is 0 Å². The fourth-order valence-corrected chi connectivity index (χ4v) is 11.6. The molecule has 6 aliphatic rings. The van der Waals surface area contributed by atoms with Crippen LogP contribution in [0.3, 0.4) is 0 Å². The minimum atomic E-state index is -1.43. The van der Waals surface area contributed by atoms with E-state index in [9.17, 15) is 14.7 Å². The van der Waals surface area contributed by atoms with Crippen LogP contribution in [0.5, 0.6) is 0 Å². The van der Waals surface area contributed by atoms with Crippen molar-refractivity contribution in [2.24, 2.45) is 50.2 Å². The van der Waals surface area contributed by atoms with Crippen molar-refractivity contribution in [1.29, 1.82) is 0 Å². The first kappa shape index (κ1) is 27.5. The Balaban J connectivity index is 1.50. The summed E-state index contributed by atoms with van der Waals surface area (Å²) in [5.41, 5.74) is -0.729. The first-order valence-corrected chi connectivity index (χ1v) is 15.2. The van der Waals surface area contributed by atoms with E-state index in [4.69, 9.17) is 16.0 Å². The van der Waals surface area contributed by atoms with Gasteiger partial charge in [0, 0.05) is 23.2 Å². The number of aliphatic hydroxyl groups is 1. The summed E-state index contributed by atoms with van der Waals surface area (Å²) < 4.78 is 11.4. The van der Waals surface area contributed by atoms with Crippen LogP contribution in [0.4, 0.5) is 0 Å². The Morgan fingerprint density at radius 1 is 1.03 bits per heavy atom. The number of fused-ring (bicyclic) bond motifs is 9. The number of nitrogens with zero attached hydrogens (tertiary/aromatic N) is 1. The van der Waals surface area contributed by atoms with Gasteiger partial charge in [-0.2, -0.15) is 0 Å². The van der Waals surface area contributed by atoms with E-state index in [1.807, 2.05) is 6.08 Å². The molecule has 39 heavy (non-hydrogen) atoms. The lowest BCUT2D eigenvalue weighted by atomic mass is 9.33. The van der Waals surface area contributed by atoms with E-state index in [-0.39, 0.29) is 51.2 Å². The van der Waals surface area contributed by atoms with Crippen molar-refractivity contribution in [3.63, 3.8) is 0 Å². The molecule has 6 nitrogen and oxygen atoms in total. The van der Waals surface area contributed by atoms with E-state index >= 15 is 0 Å². The van der Waals surface area contributed by atoms with Crippen molar-refractivity contribution < 1.29 is 24.2 Å². The Hall–Kier alpha value is -1.71. The molecule has 1 aliphatic heterocycles. The molecular weight excluding hydrogens is 490 g/mol. The minimum Gasteiger partial charge on any atom is -0.469 e. The molecule has 6 rings (SSSR count). The Bertz CT molecular complexity index is 1200. The van der Waals surface area contributed by atoms with Crippen LogP contribution >= 0.6 is 0 Å². The first-order chi connectivity index (χ1) is 18.1. The van der Waals surface area contributed by atoms with Crippen LogP contribution in [0.2, 0.25) is 0 Å². The van der Waals surface area contributed by atoms with Crippen LogP contribution in [0.15, 0.2) is 11.6 Å². The third-order valence-electron chi connectivity index (χ3n) is 14.0. The van der Waals surface area contributed by atoms with Crippen molar-refractivity contribution in [3.8, 4) is 0 Å². The average Bonchev–Trinajstić information content (AvgIpc) is 3.19. The normalized spacial score (nSPS) is 53.6. The monoisotopic (exact) mass is 537 g/mol. The lowest BCUT2D eigenvalue weighted by Crippen LogP contribution is -2.69. The summed E-state index contributed by atoms with van der Waals surface area (Å²) in [6.45, 7) is 22.2. The molecule has 10 atom stereocenters. The Kier molecular flexibility index (Phi) is 5.61. The number of carbonyl (C=O) groups excluding carboxylic acids is 2. The molecule has 1 N–H and O–H groups in total. The summed E-state index contributed by atoms with van der Waals surface area (Å²) in [4.78, 5) is 31.9. The number of rotatable bonds is 1. The second-order valence-electron chi connectivity index (χ2n) is 15.9. The standard InChI is InChI=1S/C33H47NO5/c1-27(2)11-13-32(26(36)38-8)14-12-31(6)25(20(32)18-27)21(35)17-23-28(3)19-24(34-7)33(37)30(5,15-16-39-33)22(28)9-10-29(23,31)4/h17,20,22,24-25,37H,9-16,18-19H2,1-6,8H3/t20-,22+,24+,25-,28-,29+,30-,31+,32-,33+/m0/s1. The highest BCUT2D eigenvalue weighted by Crippen LogP contribution is 2.76. The molecule has 0 aromatic rings. The van der Waals surface area contributed by atoms with Crippen LogP contribution < -0.4 is 0 Å². The lowest BCUT2D eigenvalue weighted by Gasteiger charge is -2.70. The third kappa shape index (κ3) is 3.05. The highest BCUT2D eigenvalue weighted by molar-refractivity contribution is 5.96. The van der Waals surface area contributed by atoms with Crippen molar-refractivity contribution in [1.82, 2.24) is 0 Å². The number of methoxy groups -OCH3 is 1. The second-order valence-corrected chi connectivity index (χ2v) is 15.9. The fraction of sp³-hybridized carbons (Fsp3) is 0.848. The number of carbonyl (C=O) groups is 2. The van der Waals surface area contributed by atoms with Gasteiger partial charge in [0.15, 0.2) is 5.78 Å². The molecule has 6 heteroatoms. The largest absolute Gasteiger partial charge is 0.469 e. The molecule has 1 heterocycles. The Morgan fingerprint density at radius 3 is 2.38 bits per heavy atom. The number of ether oxygens (including phenoxy) is 2. The molecule has 214 valence electrons. The third-order valence-corrected chi connectivity index (χ3v) is 14.0. The zero-order valence-corrected chi connectivity index (χ0v) is 25.0. The maximum Gasteiger partial charge on any atom is 0.312 e. The molecule has 5 fully saturated rings. The van der Waals surface area contributed by atoms with Gasteiger partial charge in [-0.05, 0) is 85.5 Å². The van der Waals surface area contributed by atoms with E-state index in [2.05, 4.69) is 46.4 Å². The van der Waals surface area contributed by atoms with Crippen molar-refractivity contribution >= 4 is 11.8 Å². The van der Waals surface area contributed by atoms with Gasteiger partial charge in [-0.25, -0.2) is 6.57 Å². The van der Waals surface area contributed by atoms with Crippen LogP contribution in [0, 0.1) is 56.8 Å². The van der Waals surface area contributed by atoms with Gasteiger partial charge in [0.1, 0.15) is 0 Å². The smallest absolute Gasteiger partial charge is 0.312 e. The van der Waals surface area contributed by atoms with Crippen molar-refractivity contribution in [2.75, 3.05) is 13.7 Å². The molecule has 1 saturated heterocycles. The summed E-state index contributed by atoms with van der Waals surface area (Å²) in [7, 11) is 1.50. The van der Waals surface area contributed by atoms with Gasteiger partial charge in [0.25, 0.3) is 6.04 Å². The van der Waals surface area contributed by atoms with Crippen LogP contribution in [-0.4, -0.2) is 42.4 Å². The highest BCUT2D eigenvalue weighted by atomic mass is 16.6. The van der Waals surface area contributed by atoms with Gasteiger partial charge < -0.3 is 19.4 Å². The molecule has 0 unspecified atom stereocenters. The molecule has 5 aliphatic carbocycles. The Morgan fingerprint density at radius 2 is 1.72 bits per heavy atom. The number of ketones is 1. The number of esters is 1. The summed E-state index contributed by atoms with van der Waals surface area (Å²) in [6, 6.07) is -0.660. The summed E-state index contributed by atoms with van der Waals surface area (Å²) in [5, 5.41) is 11.7. The van der Waals surface area contributed by atoms with Crippen LogP contribution in [0.25, 0.3) is 4.85 Å². The van der Waals surface area contributed by atoms with Crippen LogP contribution in [-0.2, 0) is 19.1 Å². The molecule has 0 radical (unpaired) electrons. The first-order valence-electron chi connectivity index (χ1n) is 15.2. The van der Waals surface area contributed by atoms with Crippen LogP contribution in [0.1, 0.15) is 99.3 Å². The summed E-state index contributed by atoms with van der Waals surface area (Å²) in [6.07, 6.45) is 9.27. The van der Waals surface area contributed by atoms with E-state index in [0.717, 1.165) is 51.4 Å². The Labute approximate surface area is 234 Å². The van der Waals surface area contributed by atoms with E-state index in [1.54, 1.807) is 0 Å². The topological polar surface area (TPSA) is 77.2 Å². The molecular formula is C33H47NO5. The minimum absolute atomic E-state index is 0.0340. The van der Waals surface area contributed by atoms with Gasteiger partial charge in [0.2, 0.25) is 5.79 Å². The number of hydrogen-bond donors (Lipinski definition) is 1. The van der Waals surface area contributed by atoms with E-state index in [1.165, 1.54) is 12.7 Å². The number of allylic oxidation sites excluding steroid dienone is 2. The van der Waals surface area contributed by atoms with Crippen molar-refractivity contribution in [2.45, 2.75) is 111 Å². The van der Waals surface area contributed by atoms with Crippen molar-refractivity contribution in [3.05, 3.63) is 23.1 Å². The van der Waals surface area contributed by atoms with E-state index < -0.39 is 22.7 Å². The molecule has 0 amide bonds. The fourth-order valence-electron chi connectivity index (χ4n) is 11.6. The predicted molar refractivity (Wildman–Crippen MR) is 147 cm³/mol. The quantitative estimate of drug-likeness (QED) is 0.322. The van der Waals surface area contributed by atoms with Gasteiger partial charge in [-0.3, -0.25) is 9.59 Å². The average molecular weight is 538 g/mol. The zero-order chi connectivity index (χ0) is 28.4. The summed E-state index contributed by atoms with van der Waals surface area (Å²) in [5.74, 6) is -1.52. The molecule has 0 aromatic carbocycles. The molecule has 4 saturated carbocycles. The van der Waals surface area contributed by atoms with Gasteiger partial charge in [-0.1, -0.05) is 47.1 Å². The van der Waals surface area contributed by atoms with E-state index in [0.29, 0.717) is 13.0 Å². The van der Waals surface area contributed by atoms with Gasteiger partial charge >= 0.3 is 5.97 Å². The highest BCUT2D eigenvalue weighted by Gasteiger charge is 2.76. The van der Waals surface area contributed by atoms with Gasteiger partial charge in [0.05, 0.1) is 19.1 Å². The molecule has 0 bridgehead atoms. The maximum atomic E-state index is 14.5. The maximum absolute atomic E-state index is 14.5. The summed E-state index contributed by atoms with van der Waals surface area (Å²) >= 11 is 0. The second kappa shape index (κ2) is 7.97. The SMILES string of the molecule is [C-]#[N+][C@@H]1C[C@]2(C)C3=CC(=O)[C@@H]4[C@@H]5CC(C)(C)CC[C@]5(C(=O)OC)CC[C@@]4(C)[C@]3(C)CC[C@H]2[C@]2(C)CCO[C@]12O. The molecule has 0 spiro atoms. The predicted octanol–water partition coefficient (Wildman–Crippen LogP) is 6.13. The zero-order valence-electron chi connectivity index (χ0n) is 25.0. The lowest BCUT2D eigenvalue weighted by molar-refractivity contribution is -0.282. The number of hydrogen-bond acceptors (Lipinski definition) is 5.